The Balaban J connectivity index is 0.000000858. The number of carbonyl (C=O) groups excluding carboxylic acids is 7. The van der Waals surface area contributed by atoms with Gasteiger partial charge in [0.05, 0.1) is 63.1 Å². The molecule has 2 heterocycles. The number of carboxylic acids is 1. The number of ether oxygens (including phenoxy) is 4. The van der Waals surface area contributed by atoms with E-state index in [1.54, 1.807) is 103 Å². The summed E-state index contributed by atoms with van der Waals surface area (Å²) in [6, 6.07) is 54.8. The van der Waals surface area contributed by atoms with Crippen LogP contribution < -0.4 is 43.0 Å². The van der Waals surface area contributed by atoms with E-state index in [0.717, 1.165) is 47.2 Å². The van der Waals surface area contributed by atoms with Gasteiger partial charge in [-0.2, -0.15) is 0 Å². The molecular formula is C72H82Cl4N10O13. The lowest BCUT2D eigenvalue weighted by atomic mass is 10.0. The molecular weight excluding hydrogens is 1350 g/mol. The van der Waals surface area contributed by atoms with E-state index in [0.29, 0.717) is 54.3 Å². The summed E-state index contributed by atoms with van der Waals surface area (Å²) in [7, 11) is 0. The maximum absolute atomic E-state index is 13.4. The fourth-order valence-corrected chi connectivity index (χ4v) is 10.6. The molecule has 2 aliphatic rings. The van der Waals surface area contributed by atoms with Crippen molar-refractivity contribution < 1.29 is 72.4 Å². The largest absolute Gasteiger partial charge is 0.478 e. The summed E-state index contributed by atoms with van der Waals surface area (Å²) in [5, 5.41) is 27.9. The third-order valence-corrected chi connectivity index (χ3v) is 15.5. The van der Waals surface area contributed by atoms with Crippen molar-refractivity contribution in [3.05, 3.63) is 248 Å². The Morgan fingerprint density at radius 3 is 1.26 bits per heavy atom. The number of carbonyl (C=O) groups is 8. The zero-order valence-electron chi connectivity index (χ0n) is 52.9. The van der Waals surface area contributed by atoms with Gasteiger partial charge in [0.2, 0.25) is 11.8 Å². The lowest BCUT2D eigenvalue weighted by molar-refractivity contribution is -0.148. The third kappa shape index (κ3) is 23.5. The van der Waals surface area contributed by atoms with Crippen molar-refractivity contribution >= 4 is 117 Å². The molecule has 8 aromatic carbocycles. The van der Waals surface area contributed by atoms with Gasteiger partial charge in [-0.15, -0.1) is 0 Å². The van der Waals surface area contributed by atoms with Crippen molar-refractivity contribution in [3.63, 3.8) is 0 Å². The number of aromatic carboxylic acids is 1. The van der Waals surface area contributed by atoms with Crippen molar-refractivity contribution in [2.24, 2.45) is 15.7 Å². The number of aliphatic imine (C=N–C) groups is 2. The van der Waals surface area contributed by atoms with Gasteiger partial charge in [-0.05, 0) is 94.0 Å². The van der Waals surface area contributed by atoms with Gasteiger partial charge in [-0.1, -0.05) is 180 Å². The predicted octanol–water partition coefficient (Wildman–Crippen LogP) is 12.1. The van der Waals surface area contributed by atoms with Crippen molar-refractivity contribution in [3.8, 4) is 22.3 Å². The molecule has 10 rings (SSSR count). The fraction of sp³-hybridized carbons (Fsp3) is 0.194. The minimum absolute atomic E-state index is 0. The topological polar surface area (TPSA) is 329 Å². The van der Waals surface area contributed by atoms with Crippen LogP contribution in [0.3, 0.4) is 0 Å². The Bertz CT molecular complexity index is 4190. The number of rotatable bonds is 23. The molecule has 0 unspecified atom stereocenters. The molecule has 0 bridgehead atoms. The molecule has 0 aliphatic carbocycles. The normalized spacial score (nSPS) is 12.7. The zero-order chi connectivity index (χ0) is 70.5. The Labute approximate surface area is 600 Å². The number of hydrogen-bond acceptors (Lipinski definition) is 17. The monoisotopic (exact) mass is 1430 g/mol. The van der Waals surface area contributed by atoms with E-state index >= 15 is 0 Å². The van der Waals surface area contributed by atoms with Crippen LogP contribution >= 0.6 is 46.4 Å². The SMILES string of the molecule is NCC(=O)NC[C@H](NC(=O)c1c(Cl)cc(-c2ccccc2)cc1Cl)C(=O)OCc1ccccc1.O=C(CNC(=O)c1cccc(NC2=NCCCO2)c1)NC[C@H](NC(=O)c1c(Cl)cc(-c2ccccc2)cc1Cl)C(=O)OCc1ccccc1.O=C(O)c1cccc(NC2=NCCCO2)c1.[HH].[HH].[HH].[HH].[HH].[HH].[HH]. The Kier molecular flexibility index (Phi) is 28.6. The molecule has 23 nitrogen and oxygen atoms in total. The number of benzene rings is 8. The molecule has 99 heavy (non-hydrogen) atoms. The Morgan fingerprint density at radius 2 is 0.869 bits per heavy atom. The van der Waals surface area contributed by atoms with Crippen LogP contribution in [0, 0.1) is 0 Å². The average Bonchev–Trinajstić information content (AvgIpc) is 0.811. The maximum atomic E-state index is 13.4. The first-order valence-corrected chi connectivity index (χ1v) is 32.4. The number of nitrogens with zero attached hydrogens (tertiary/aromatic N) is 2. The van der Waals surface area contributed by atoms with E-state index in [-0.39, 0.29) is 79.6 Å². The van der Waals surface area contributed by atoms with Gasteiger partial charge in [0.15, 0.2) is 0 Å². The average molecular weight is 1440 g/mol. The van der Waals surface area contributed by atoms with E-state index in [9.17, 15) is 38.4 Å². The number of nitrogens with one attached hydrogen (secondary N) is 7. The van der Waals surface area contributed by atoms with Crippen LogP contribution in [0.4, 0.5) is 11.4 Å². The van der Waals surface area contributed by atoms with Crippen molar-refractivity contribution in [1.82, 2.24) is 26.6 Å². The second kappa shape index (κ2) is 38.2. The number of nitrogens with two attached hydrogens (primary N) is 1. The maximum Gasteiger partial charge on any atom is 0.335 e. The molecule has 5 amide bonds. The highest BCUT2D eigenvalue weighted by Crippen LogP contribution is 2.34. The number of carboxylic acid groups (broad SMARTS) is 1. The molecule has 27 heteroatoms. The summed E-state index contributed by atoms with van der Waals surface area (Å²) in [5.41, 5.74) is 11.8. The van der Waals surface area contributed by atoms with Crippen LogP contribution in [0.1, 0.15) is 75.4 Å². The highest BCUT2D eigenvalue weighted by atomic mass is 35.5. The molecule has 0 aromatic heterocycles. The predicted molar refractivity (Wildman–Crippen MR) is 394 cm³/mol. The highest BCUT2D eigenvalue weighted by Gasteiger charge is 2.29. The summed E-state index contributed by atoms with van der Waals surface area (Å²) in [6.07, 6.45) is 1.75. The summed E-state index contributed by atoms with van der Waals surface area (Å²) in [5.74, 6) is -5.50. The minimum atomic E-state index is -1.32. The minimum Gasteiger partial charge on any atom is -0.478 e. The summed E-state index contributed by atoms with van der Waals surface area (Å²) in [6.45, 7) is 1.31. The zero-order valence-corrected chi connectivity index (χ0v) is 56.0. The van der Waals surface area contributed by atoms with Crippen molar-refractivity contribution in [2.45, 2.75) is 38.1 Å². The van der Waals surface area contributed by atoms with Gasteiger partial charge < -0.3 is 67.0 Å². The van der Waals surface area contributed by atoms with Crippen LogP contribution in [0.25, 0.3) is 22.3 Å². The van der Waals surface area contributed by atoms with Crippen LogP contribution in [0.5, 0.6) is 0 Å². The fourth-order valence-electron chi connectivity index (χ4n) is 9.30. The van der Waals surface area contributed by atoms with Gasteiger partial charge in [0, 0.05) is 65.9 Å². The summed E-state index contributed by atoms with van der Waals surface area (Å²) >= 11 is 25.8. The van der Waals surface area contributed by atoms with Gasteiger partial charge in [-0.25, -0.2) is 24.4 Å². The smallest absolute Gasteiger partial charge is 0.335 e. The molecule has 0 saturated carbocycles. The van der Waals surface area contributed by atoms with Crippen LogP contribution in [0.2, 0.25) is 20.1 Å². The van der Waals surface area contributed by atoms with Crippen molar-refractivity contribution in [1.29, 1.82) is 0 Å². The van der Waals surface area contributed by atoms with Crippen molar-refractivity contribution in [2.75, 3.05) is 63.1 Å². The lowest BCUT2D eigenvalue weighted by Crippen LogP contribution is -2.50. The molecule has 0 spiro atoms. The summed E-state index contributed by atoms with van der Waals surface area (Å²) in [4.78, 5) is 109. The first kappa shape index (κ1) is 74.0. The third-order valence-electron chi connectivity index (χ3n) is 14.3. The van der Waals surface area contributed by atoms with E-state index in [2.05, 4.69) is 47.2 Å². The van der Waals surface area contributed by atoms with Gasteiger partial charge in [-0.3, -0.25) is 24.0 Å². The molecule has 526 valence electrons. The molecule has 10 N–H and O–H groups in total. The number of halogens is 4. The first-order chi connectivity index (χ1) is 47.9. The quantitative estimate of drug-likeness (QED) is 0.0269. The molecule has 0 radical (unpaired) electrons. The summed E-state index contributed by atoms with van der Waals surface area (Å²) < 4.78 is 21.5. The number of amides is 5. The van der Waals surface area contributed by atoms with Gasteiger partial charge in [0.1, 0.15) is 25.3 Å². The highest BCUT2D eigenvalue weighted by molar-refractivity contribution is 6.41. The van der Waals surface area contributed by atoms with E-state index in [4.69, 9.17) is 76.2 Å². The number of esters is 2. The molecule has 0 saturated heterocycles. The van der Waals surface area contributed by atoms with E-state index in [1.807, 2.05) is 84.9 Å². The van der Waals surface area contributed by atoms with Crippen LogP contribution in [0.15, 0.2) is 204 Å². The van der Waals surface area contributed by atoms with E-state index in [1.165, 1.54) is 6.07 Å². The number of hydrogen-bond donors (Lipinski definition) is 9. The standard InChI is InChI=1S/C36H33Cl2N5O6.C25H23Cl2N3O4.C11H12N2O3.7H2/c37-28-18-26(24-11-5-2-6-12-24)19-29(38)32(28)34(46)43-30(35(47)49-22-23-9-3-1-4-10-23)20-40-31(44)21-41-33(45)25-13-7-14-27(17-25)42-36-39-15-8-16-48-36;26-19-11-18(17-9-5-2-6-10-17)12-20(27)23(19)24(32)30-21(14-29-22(31)13-28)25(33)34-15-16-7-3-1-4-8-16;14-10(15)8-3-1-4-9(7-8)13-11-12-5-2-6-16-11;;;;;;;/h1-7,9-14,17-19,30H,8,15-16,20-22H2,(H,39,42)(H,40,44)(H,41,45)(H,43,46);1-12,21H,13-15,28H2,(H,29,31)(H,30,32);1,3-4,7H,2,5-6H2,(H,12,13)(H,14,15);7*1H/t30-;21-;;;;;;;;/m00......../s1. The van der Waals surface area contributed by atoms with E-state index < -0.39 is 66.1 Å². The molecule has 8 aromatic rings. The van der Waals surface area contributed by atoms with Gasteiger partial charge >= 0.3 is 17.9 Å². The second-order valence-electron chi connectivity index (χ2n) is 21.6. The van der Waals surface area contributed by atoms with Crippen LogP contribution in [-0.2, 0) is 51.3 Å². The second-order valence-corrected chi connectivity index (χ2v) is 23.2. The number of amidine groups is 2. The molecule has 2 atom stereocenters. The first-order valence-electron chi connectivity index (χ1n) is 30.9. The Hall–Kier alpha value is -10.8. The molecule has 0 fully saturated rings. The van der Waals surface area contributed by atoms with Crippen LogP contribution in [-0.4, -0.2) is 129 Å². The lowest BCUT2D eigenvalue weighted by Gasteiger charge is -2.20. The number of anilines is 2. The Morgan fingerprint density at radius 1 is 0.475 bits per heavy atom. The van der Waals surface area contributed by atoms with Gasteiger partial charge in [0.25, 0.3) is 29.8 Å². The molecule has 2 aliphatic heterocycles.